The number of rotatable bonds is 5. The standard InChI is InChI=1S/C14H16FN3O/c1-3-16-7-11-8-18-14(9-17-11)19-12-4-5-13(15)10(2)6-12/h4-6,8-9,16H,3,7H2,1-2H3. The molecule has 0 bridgehead atoms. The Bertz CT molecular complexity index is 543. The molecule has 4 nitrogen and oxygen atoms in total. The molecule has 2 rings (SSSR count). The van der Waals surface area contributed by atoms with Crippen molar-refractivity contribution in [1.82, 2.24) is 15.3 Å². The molecular formula is C14H16FN3O. The highest BCUT2D eigenvalue weighted by atomic mass is 19.1. The monoisotopic (exact) mass is 261 g/mol. The molecule has 0 aliphatic heterocycles. The maximum atomic E-state index is 13.1. The second-order valence-corrected chi connectivity index (χ2v) is 4.14. The van der Waals surface area contributed by atoms with Crippen LogP contribution in [0.3, 0.4) is 0 Å². The van der Waals surface area contributed by atoms with Crippen LogP contribution in [0.2, 0.25) is 0 Å². The number of aryl methyl sites for hydroxylation is 1. The van der Waals surface area contributed by atoms with Crippen LogP contribution in [0.5, 0.6) is 11.6 Å². The van der Waals surface area contributed by atoms with Crippen molar-refractivity contribution < 1.29 is 9.13 Å². The maximum Gasteiger partial charge on any atom is 0.237 e. The molecule has 0 amide bonds. The average Bonchev–Trinajstić information content (AvgIpc) is 2.42. The van der Waals surface area contributed by atoms with Crippen LogP contribution in [0, 0.1) is 12.7 Å². The van der Waals surface area contributed by atoms with Crippen LogP contribution in [0.15, 0.2) is 30.6 Å². The van der Waals surface area contributed by atoms with Gasteiger partial charge in [0, 0.05) is 6.54 Å². The first kappa shape index (κ1) is 13.4. The SMILES string of the molecule is CCNCc1cnc(Oc2ccc(F)c(C)c2)cn1. The van der Waals surface area contributed by atoms with Crippen molar-refractivity contribution >= 4 is 0 Å². The predicted molar refractivity (Wildman–Crippen MR) is 70.6 cm³/mol. The van der Waals surface area contributed by atoms with Gasteiger partial charge in [0.1, 0.15) is 11.6 Å². The van der Waals surface area contributed by atoms with Gasteiger partial charge in [0.25, 0.3) is 0 Å². The van der Waals surface area contributed by atoms with E-state index in [0.29, 0.717) is 23.7 Å². The smallest absolute Gasteiger partial charge is 0.237 e. The van der Waals surface area contributed by atoms with Crippen molar-refractivity contribution in [3.05, 3.63) is 47.7 Å². The van der Waals surface area contributed by atoms with Gasteiger partial charge >= 0.3 is 0 Å². The Balaban J connectivity index is 2.04. The first-order valence-electron chi connectivity index (χ1n) is 6.14. The summed E-state index contributed by atoms with van der Waals surface area (Å²) in [6, 6.07) is 4.57. The Morgan fingerprint density at radius 3 is 2.74 bits per heavy atom. The van der Waals surface area contributed by atoms with Gasteiger partial charge in [-0.25, -0.2) is 9.37 Å². The molecule has 0 aliphatic carbocycles. The van der Waals surface area contributed by atoms with E-state index in [9.17, 15) is 4.39 Å². The summed E-state index contributed by atoms with van der Waals surface area (Å²) in [6.07, 6.45) is 3.22. The van der Waals surface area contributed by atoms with Gasteiger partial charge in [-0.1, -0.05) is 6.92 Å². The van der Waals surface area contributed by atoms with Gasteiger partial charge in [0.05, 0.1) is 18.1 Å². The van der Waals surface area contributed by atoms with Gasteiger partial charge in [0.2, 0.25) is 5.88 Å². The van der Waals surface area contributed by atoms with Crippen LogP contribution in [0.1, 0.15) is 18.2 Å². The van der Waals surface area contributed by atoms with Crippen molar-refractivity contribution in [3.8, 4) is 11.6 Å². The molecule has 0 fully saturated rings. The fraction of sp³-hybridized carbons (Fsp3) is 0.286. The Morgan fingerprint density at radius 1 is 1.26 bits per heavy atom. The number of hydrogen-bond acceptors (Lipinski definition) is 4. The molecule has 1 heterocycles. The summed E-state index contributed by atoms with van der Waals surface area (Å²) in [7, 11) is 0. The van der Waals surface area contributed by atoms with Crippen LogP contribution in [-0.2, 0) is 6.54 Å². The number of halogens is 1. The largest absolute Gasteiger partial charge is 0.437 e. The molecule has 100 valence electrons. The molecule has 1 aromatic heterocycles. The highest BCUT2D eigenvalue weighted by Gasteiger charge is 2.03. The highest BCUT2D eigenvalue weighted by molar-refractivity contribution is 5.31. The third-order valence-electron chi connectivity index (χ3n) is 2.59. The van der Waals surface area contributed by atoms with E-state index >= 15 is 0 Å². The van der Waals surface area contributed by atoms with E-state index in [4.69, 9.17) is 4.74 Å². The minimum absolute atomic E-state index is 0.251. The van der Waals surface area contributed by atoms with Crippen LogP contribution >= 0.6 is 0 Å². The number of hydrogen-bond donors (Lipinski definition) is 1. The summed E-state index contributed by atoms with van der Waals surface area (Å²) in [6.45, 7) is 5.28. The second-order valence-electron chi connectivity index (χ2n) is 4.14. The van der Waals surface area contributed by atoms with E-state index in [1.54, 1.807) is 31.5 Å². The third kappa shape index (κ3) is 3.72. The van der Waals surface area contributed by atoms with Crippen molar-refractivity contribution in [2.45, 2.75) is 20.4 Å². The average molecular weight is 261 g/mol. The lowest BCUT2D eigenvalue weighted by atomic mass is 10.2. The quantitative estimate of drug-likeness (QED) is 0.899. The summed E-state index contributed by atoms with van der Waals surface area (Å²) in [5, 5.41) is 3.16. The van der Waals surface area contributed by atoms with E-state index in [1.165, 1.54) is 6.07 Å². The zero-order valence-corrected chi connectivity index (χ0v) is 11.0. The van der Waals surface area contributed by atoms with Crippen LogP contribution in [0.4, 0.5) is 4.39 Å². The maximum absolute atomic E-state index is 13.1. The second kappa shape index (κ2) is 6.24. The Labute approximate surface area is 111 Å². The summed E-state index contributed by atoms with van der Waals surface area (Å²) in [5.41, 5.74) is 1.39. The number of ether oxygens (including phenoxy) is 1. The summed E-state index contributed by atoms with van der Waals surface area (Å²) in [5.74, 6) is 0.693. The topological polar surface area (TPSA) is 47.0 Å². The predicted octanol–water partition coefficient (Wildman–Crippen LogP) is 2.83. The Hall–Kier alpha value is -2.01. The van der Waals surface area contributed by atoms with Crippen LogP contribution < -0.4 is 10.1 Å². The number of nitrogens with one attached hydrogen (secondary N) is 1. The van der Waals surface area contributed by atoms with Gasteiger partial charge in [-0.3, -0.25) is 4.98 Å². The molecule has 2 aromatic rings. The molecule has 0 saturated carbocycles. The normalized spacial score (nSPS) is 10.5. The zero-order chi connectivity index (χ0) is 13.7. The molecule has 0 saturated heterocycles. The molecule has 0 aliphatic rings. The minimum atomic E-state index is -0.251. The fourth-order valence-corrected chi connectivity index (χ4v) is 1.54. The lowest BCUT2D eigenvalue weighted by Crippen LogP contribution is -2.13. The van der Waals surface area contributed by atoms with E-state index in [-0.39, 0.29) is 5.82 Å². The first-order chi connectivity index (χ1) is 9.19. The molecule has 1 aromatic carbocycles. The van der Waals surface area contributed by atoms with Crippen molar-refractivity contribution in [2.24, 2.45) is 0 Å². The van der Waals surface area contributed by atoms with Gasteiger partial charge in [-0.15, -0.1) is 0 Å². The minimum Gasteiger partial charge on any atom is -0.437 e. The van der Waals surface area contributed by atoms with Gasteiger partial charge in [0.15, 0.2) is 0 Å². The molecule has 1 N–H and O–H groups in total. The Kier molecular flexibility index (Phi) is 4.41. The van der Waals surface area contributed by atoms with Crippen LogP contribution in [0.25, 0.3) is 0 Å². The number of benzene rings is 1. The molecule has 5 heteroatoms. The zero-order valence-electron chi connectivity index (χ0n) is 11.0. The van der Waals surface area contributed by atoms with Crippen molar-refractivity contribution in [1.29, 1.82) is 0 Å². The first-order valence-corrected chi connectivity index (χ1v) is 6.14. The summed E-state index contributed by atoms with van der Waals surface area (Å²) >= 11 is 0. The van der Waals surface area contributed by atoms with Gasteiger partial charge in [-0.05, 0) is 37.2 Å². The molecule has 0 atom stereocenters. The Morgan fingerprint density at radius 2 is 2.11 bits per heavy atom. The fourth-order valence-electron chi connectivity index (χ4n) is 1.54. The molecule has 0 unspecified atom stereocenters. The lowest BCUT2D eigenvalue weighted by Gasteiger charge is -2.06. The summed E-state index contributed by atoms with van der Waals surface area (Å²) < 4.78 is 18.6. The molecule has 0 radical (unpaired) electrons. The van der Waals surface area contributed by atoms with Gasteiger partial charge < -0.3 is 10.1 Å². The number of aromatic nitrogens is 2. The van der Waals surface area contributed by atoms with Gasteiger partial charge in [-0.2, -0.15) is 0 Å². The third-order valence-corrected chi connectivity index (χ3v) is 2.59. The van der Waals surface area contributed by atoms with E-state index in [0.717, 1.165) is 12.2 Å². The highest BCUT2D eigenvalue weighted by Crippen LogP contribution is 2.21. The summed E-state index contributed by atoms with van der Waals surface area (Å²) in [4.78, 5) is 8.39. The van der Waals surface area contributed by atoms with E-state index in [2.05, 4.69) is 15.3 Å². The van der Waals surface area contributed by atoms with Crippen LogP contribution in [-0.4, -0.2) is 16.5 Å². The van der Waals surface area contributed by atoms with E-state index in [1.807, 2.05) is 6.92 Å². The lowest BCUT2D eigenvalue weighted by molar-refractivity contribution is 0.456. The van der Waals surface area contributed by atoms with E-state index < -0.39 is 0 Å². The molecular weight excluding hydrogens is 245 g/mol. The van der Waals surface area contributed by atoms with Crippen molar-refractivity contribution in [2.75, 3.05) is 6.54 Å². The van der Waals surface area contributed by atoms with Crippen molar-refractivity contribution in [3.63, 3.8) is 0 Å². The number of nitrogens with zero attached hydrogens (tertiary/aromatic N) is 2. The molecule has 19 heavy (non-hydrogen) atoms. The molecule has 0 spiro atoms.